The third kappa shape index (κ3) is 1.54. The molecule has 84 valence electrons. The van der Waals surface area contributed by atoms with Gasteiger partial charge in [-0.1, -0.05) is 19.9 Å². The molecule has 3 nitrogen and oxygen atoms in total. The van der Waals surface area contributed by atoms with Crippen LogP contribution in [0.15, 0.2) is 17.6 Å². The highest BCUT2D eigenvalue weighted by molar-refractivity contribution is 5.81. The monoisotopic (exact) mass is 207 g/mol. The first-order valence-electron chi connectivity index (χ1n) is 5.77. The van der Waals surface area contributed by atoms with E-state index in [2.05, 4.69) is 30.3 Å². The minimum absolute atomic E-state index is 0.243. The van der Waals surface area contributed by atoms with Gasteiger partial charge in [-0.3, -0.25) is 4.99 Å². The summed E-state index contributed by atoms with van der Waals surface area (Å²) >= 11 is 0. The Morgan fingerprint density at radius 3 is 2.87 bits per heavy atom. The van der Waals surface area contributed by atoms with Crippen LogP contribution in [0.1, 0.15) is 26.7 Å². The van der Waals surface area contributed by atoms with Crippen molar-refractivity contribution in [3.8, 4) is 0 Å². The topological polar surface area (TPSA) is 41.6 Å². The zero-order valence-electron chi connectivity index (χ0n) is 9.74. The van der Waals surface area contributed by atoms with Gasteiger partial charge in [-0.05, 0) is 24.7 Å². The fourth-order valence-corrected chi connectivity index (χ4v) is 2.80. The maximum Gasteiger partial charge on any atom is 0.192 e. The van der Waals surface area contributed by atoms with E-state index in [4.69, 9.17) is 5.73 Å². The highest BCUT2D eigenvalue weighted by Crippen LogP contribution is 2.47. The maximum absolute atomic E-state index is 5.90. The van der Waals surface area contributed by atoms with E-state index in [9.17, 15) is 0 Å². The molecule has 1 heterocycles. The smallest absolute Gasteiger partial charge is 0.192 e. The van der Waals surface area contributed by atoms with Crippen LogP contribution in [-0.2, 0) is 0 Å². The molecule has 15 heavy (non-hydrogen) atoms. The molecule has 0 aromatic rings. The van der Waals surface area contributed by atoms with Crippen molar-refractivity contribution in [1.82, 2.24) is 4.90 Å². The molecule has 0 saturated heterocycles. The lowest BCUT2D eigenvalue weighted by Crippen LogP contribution is -2.60. The number of guanidine groups is 1. The molecule has 0 unspecified atom stereocenters. The molecule has 0 atom stereocenters. The molecule has 2 aliphatic rings. The van der Waals surface area contributed by atoms with Crippen LogP contribution in [0.5, 0.6) is 0 Å². The number of aliphatic imine (C=N–C) groups is 1. The van der Waals surface area contributed by atoms with Gasteiger partial charge in [0.25, 0.3) is 0 Å². The second-order valence-corrected chi connectivity index (χ2v) is 5.21. The summed E-state index contributed by atoms with van der Waals surface area (Å²) in [4.78, 5) is 6.61. The van der Waals surface area contributed by atoms with E-state index in [0.29, 0.717) is 5.96 Å². The van der Waals surface area contributed by atoms with Crippen molar-refractivity contribution in [2.24, 2.45) is 22.6 Å². The van der Waals surface area contributed by atoms with E-state index >= 15 is 0 Å². The summed E-state index contributed by atoms with van der Waals surface area (Å²) in [6, 6.07) is 0. The summed E-state index contributed by atoms with van der Waals surface area (Å²) in [6.45, 7) is 10.1. The Balaban J connectivity index is 2.03. The summed E-state index contributed by atoms with van der Waals surface area (Å²) in [7, 11) is 0. The Hall–Kier alpha value is -0.990. The number of nitrogens with zero attached hydrogens (tertiary/aromatic N) is 2. The maximum atomic E-state index is 5.90. The van der Waals surface area contributed by atoms with Gasteiger partial charge in [-0.25, -0.2) is 0 Å². The Morgan fingerprint density at radius 1 is 1.67 bits per heavy atom. The van der Waals surface area contributed by atoms with Gasteiger partial charge < -0.3 is 10.6 Å². The molecule has 1 fully saturated rings. The number of hydrogen-bond donors (Lipinski definition) is 1. The van der Waals surface area contributed by atoms with Crippen LogP contribution in [-0.4, -0.2) is 29.5 Å². The fourth-order valence-electron chi connectivity index (χ4n) is 2.80. The molecule has 0 aromatic carbocycles. The predicted molar refractivity (Wildman–Crippen MR) is 63.7 cm³/mol. The van der Waals surface area contributed by atoms with E-state index in [1.165, 1.54) is 12.8 Å². The fraction of sp³-hybridized carbons (Fsp3) is 0.750. The molecule has 1 spiro atoms. The van der Waals surface area contributed by atoms with Gasteiger partial charge in [-0.2, -0.15) is 0 Å². The Labute approximate surface area is 92.0 Å². The molecule has 1 saturated carbocycles. The summed E-state index contributed by atoms with van der Waals surface area (Å²) in [6.07, 6.45) is 4.39. The van der Waals surface area contributed by atoms with Crippen LogP contribution in [0, 0.1) is 11.8 Å². The number of hydrogen-bond acceptors (Lipinski definition) is 3. The Morgan fingerprint density at radius 2 is 2.33 bits per heavy atom. The zero-order chi connectivity index (χ0) is 11.1. The largest absolute Gasteiger partial charge is 0.370 e. The van der Waals surface area contributed by atoms with E-state index in [-0.39, 0.29) is 5.54 Å². The molecule has 0 aromatic heterocycles. The minimum atomic E-state index is 0.243. The normalized spacial score (nSPS) is 34.5. The summed E-state index contributed by atoms with van der Waals surface area (Å²) in [5.74, 6) is 2.33. The van der Waals surface area contributed by atoms with E-state index in [1.807, 2.05) is 6.08 Å². The molecular weight excluding hydrogens is 186 g/mol. The quantitative estimate of drug-likeness (QED) is 0.714. The van der Waals surface area contributed by atoms with Crippen LogP contribution < -0.4 is 5.73 Å². The van der Waals surface area contributed by atoms with Crippen molar-refractivity contribution < 1.29 is 0 Å². The van der Waals surface area contributed by atoms with Gasteiger partial charge in [0.15, 0.2) is 5.96 Å². The van der Waals surface area contributed by atoms with Gasteiger partial charge in [0, 0.05) is 6.54 Å². The third-order valence-corrected chi connectivity index (χ3v) is 3.92. The van der Waals surface area contributed by atoms with Gasteiger partial charge >= 0.3 is 0 Å². The lowest BCUT2D eigenvalue weighted by Gasteiger charge is -2.52. The average Bonchev–Trinajstić information content (AvgIpc) is 2.43. The number of rotatable bonds is 3. The van der Waals surface area contributed by atoms with Crippen molar-refractivity contribution in [1.29, 1.82) is 0 Å². The van der Waals surface area contributed by atoms with Crippen LogP contribution in [0.4, 0.5) is 0 Å². The van der Waals surface area contributed by atoms with Crippen molar-refractivity contribution in [3.05, 3.63) is 12.7 Å². The highest BCUT2D eigenvalue weighted by atomic mass is 15.4. The minimum Gasteiger partial charge on any atom is -0.370 e. The second-order valence-electron chi connectivity index (χ2n) is 5.21. The first kappa shape index (κ1) is 10.5. The lowest BCUT2D eigenvalue weighted by molar-refractivity contribution is 0.0241. The van der Waals surface area contributed by atoms with Crippen molar-refractivity contribution in [2.45, 2.75) is 32.2 Å². The van der Waals surface area contributed by atoms with Crippen LogP contribution in [0.25, 0.3) is 0 Å². The zero-order valence-corrected chi connectivity index (χ0v) is 9.74. The van der Waals surface area contributed by atoms with E-state index < -0.39 is 0 Å². The molecule has 0 radical (unpaired) electrons. The molecule has 0 amide bonds. The number of nitrogens with two attached hydrogens (primary N) is 1. The molecule has 1 aliphatic carbocycles. The van der Waals surface area contributed by atoms with Crippen LogP contribution in [0.2, 0.25) is 0 Å². The predicted octanol–water partition coefficient (Wildman–Crippen LogP) is 1.61. The third-order valence-electron chi connectivity index (χ3n) is 3.92. The van der Waals surface area contributed by atoms with Gasteiger partial charge in [0.2, 0.25) is 0 Å². The Bertz CT molecular complexity index is 287. The van der Waals surface area contributed by atoms with E-state index in [1.54, 1.807) is 0 Å². The standard InChI is InChI=1S/C12H21N3/c1-4-5-15-11(13)14-8-12(15)6-10(7-12)9(2)3/h4,9-10H,1,5-8H2,2-3H3,(H2,13,14). The molecule has 2 N–H and O–H groups in total. The first-order valence-corrected chi connectivity index (χ1v) is 5.77. The van der Waals surface area contributed by atoms with Gasteiger partial charge in [0.05, 0.1) is 12.1 Å². The second kappa shape index (κ2) is 3.54. The molecule has 1 aliphatic heterocycles. The summed E-state index contributed by atoms with van der Waals surface area (Å²) in [5.41, 5.74) is 6.14. The van der Waals surface area contributed by atoms with Crippen LogP contribution in [0.3, 0.4) is 0 Å². The molecule has 0 bridgehead atoms. The summed E-state index contributed by atoms with van der Waals surface area (Å²) < 4.78 is 0. The van der Waals surface area contributed by atoms with Crippen LogP contribution >= 0.6 is 0 Å². The summed E-state index contributed by atoms with van der Waals surface area (Å²) in [5, 5.41) is 0. The highest BCUT2D eigenvalue weighted by Gasteiger charge is 2.52. The lowest BCUT2D eigenvalue weighted by atomic mass is 9.63. The van der Waals surface area contributed by atoms with Crippen molar-refractivity contribution in [3.63, 3.8) is 0 Å². The average molecular weight is 207 g/mol. The van der Waals surface area contributed by atoms with Gasteiger partial charge in [-0.15, -0.1) is 6.58 Å². The molecular formula is C12H21N3. The Kier molecular flexibility index (Phi) is 2.49. The SMILES string of the molecule is C=CCN1C(N)=NCC12CC(C(C)C)C2. The molecule has 3 heteroatoms. The van der Waals surface area contributed by atoms with Crippen molar-refractivity contribution >= 4 is 5.96 Å². The van der Waals surface area contributed by atoms with Gasteiger partial charge in [0.1, 0.15) is 0 Å². The first-order chi connectivity index (χ1) is 7.09. The van der Waals surface area contributed by atoms with E-state index in [0.717, 1.165) is 24.9 Å². The van der Waals surface area contributed by atoms with Crippen molar-refractivity contribution in [2.75, 3.05) is 13.1 Å². The molecule has 2 rings (SSSR count).